The number of aliphatic hydroxyl groups excluding tert-OH is 2. The largest absolute Gasteiger partial charge is 0.505 e. The van der Waals surface area contributed by atoms with E-state index in [1.807, 2.05) is 25.1 Å². The average Bonchev–Trinajstić information content (AvgIpc) is 2.71. The Labute approximate surface area is 165 Å². The molecule has 148 valence electrons. The van der Waals surface area contributed by atoms with Crippen LogP contribution in [0.4, 0.5) is 4.39 Å². The second kappa shape index (κ2) is 10.5. The van der Waals surface area contributed by atoms with Crippen molar-refractivity contribution in [1.29, 1.82) is 0 Å². The first kappa shape index (κ1) is 21.5. The fraction of sp³-hybridized carbons (Fsp3) is 0.261. The molecule has 2 rings (SSSR count). The van der Waals surface area contributed by atoms with Gasteiger partial charge in [-0.25, -0.2) is 4.39 Å². The molecule has 28 heavy (non-hydrogen) atoms. The molecule has 0 radical (unpaired) electrons. The molecule has 0 aliphatic rings. The van der Waals surface area contributed by atoms with E-state index in [-0.39, 0.29) is 6.61 Å². The summed E-state index contributed by atoms with van der Waals surface area (Å²) in [4.78, 5) is 4.36. The summed E-state index contributed by atoms with van der Waals surface area (Å²) >= 11 is 0. The van der Waals surface area contributed by atoms with Gasteiger partial charge in [0, 0.05) is 6.20 Å². The van der Waals surface area contributed by atoms with Crippen molar-refractivity contribution in [3.8, 4) is 5.75 Å². The lowest BCUT2D eigenvalue weighted by atomic mass is 9.93. The highest BCUT2D eigenvalue weighted by Crippen LogP contribution is 2.27. The zero-order valence-corrected chi connectivity index (χ0v) is 16.0. The topological polar surface area (TPSA) is 73.6 Å². The van der Waals surface area contributed by atoms with Crippen LogP contribution in [0.3, 0.4) is 0 Å². The number of rotatable bonds is 9. The first-order valence-electron chi connectivity index (χ1n) is 9.23. The van der Waals surface area contributed by atoms with E-state index < -0.39 is 17.7 Å². The molecule has 5 heteroatoms. The Balaban J connectivity index is 2.28. The summed E-state index contributed by atoms with van der Waals surface area (Å²) in [5.74, 6) is -1.09. The second-order valence-electron chi connectivity index (χ2n) is 6.45. The number of aromatic hydroxyl groups is 1. The molecule has 0 amide bonds. The summed E-state index contributed by atoms with van der Waals surface area (Å²) in [5.41, 5.74) is 3.57. The summed E-state index contributed by atoms with van der Waals surface area (Å²) in [7, 11) is 0. The lowest BCUT2D eigenvalue weighted by molar-refractivity contribution is 0.202. The minimum atomic E-state index is -0.775. The maximum atomic E-state index is 13.7. The third kappa shape index (κ3) is 5.87. The van der Waals surface area contributed by atoms with E-state index in [1.54, 1.807) is 24.4 Å². The Kier molecular flexibility index (Phi) is 8.11. The first-order valence-corrected chi connectivity index (χ1v) is 9.23. The van der Waals surface area contributed by atoms with Crippen LogP contribution >= 0.6 is 0 Å². The third-order valence-electron chi connectivity index (χ3n) is 4.50. The molecule has 1 aromatic heterocycles. The van der Waals surface area contributed by atoms with Crippen molar-refractivity contribution in [1.82, 2.24) is 4.98 Å². The average molecular weight is 383 g/mol. The summed E-state index contributed by atoms with van der Waals surface area (Å²) in [6.07, 6.45) is 5.83. The molecule has 0 saturated heterocycles. The third-order valence-corrected chi connectivity index (χ3v) is 4.50. The molecule has 2 aromatic rings. The molecular formula is C23H26FNO3. The molecule has 0 aliphatic carbocycles. The molecule has 4 nitrogen and oxygen atoms in total. The number of nitrogens with zero attached hydrogens (tertiary/aromatic N) is 1. The summed E-state index contributed by atoms with van der Waals surface area (Å²) in [6.45, 7) is 5.73. The smallest absolute Gasteiger partial charge is 0.165 e. The Morgan fingerprint density at radius 1 is 1.29 bits per heavy atom. The highest BCUT2D eigenvalue weighted by atomic mass is 19.1. The molecule has 0 bridgehead atoms. The van der Waals surface area contributed by atoms with Gasteiger partial charge in [0.15, 0.2) is 11.6 Å². The van der Waals surface area contributed by atoms with Crippen LogP contribution in [-0.4, -0.2) is 33.0 Å². The van der Waals surface area contributed by atoms with Crippen LogP contribution in [0, 0.1) is 5.82 Å². The monoisotopic (exact) mass is 383 g/mol. The van der Waals surface area contributed by atoms with Crippen molar-refractivity contribution in [2.75, 3.05) is 6.61 Å². The van der Waals surface area contributed by atoms with Gasteiger partial charge in [-0.15, -0.1) is 0 Å². The minimum Gasteiger partial charge on any atom is -0.505 e. The van der Waals surface area contributed by atoms with Crippen LogP contribution in [0.15, 0.2) is 66.4 Å². The van der Waals surface area contributed by atoms with Gasteiger partial charge >= 0.3 is 0 Å². The zero-order chi connectivity index (χ0) is 20.5. The van der Waals surface area contributed by atoms with E-state index in [0.29, 0.717) is 30.4 Å². The summed E-state index contributed by atoms with van der Waals surface area (Å²) in [6, 6.07) is 9.70. The Morgan fingerprint density at radius 2 is 2.07 bits per heavy atom. The van der Waals surface area contributed by atoms with Crippen molar-refractivity contribution in [3.05, 3.63) is 83.5 Å². The lowest BCUT2D eigenvalue weighted by Gasteiger charge is -2.17. The highest BCUT2D eigenvalue weighted by Gasteiger charge is 2.15. The number of benzene rings is 1. The van der Waals surface area contributed by atoms with Gasteiger partial charge in [-0.2, -0.15) is 0 Å². The van der Waals surface area contributed by atoms with Crippen LogP contribution in [0.1, 0.15) is 37.4 Å². The van der Waals surface area contributed by atoms with E-state index in [9.17, 15) is 19.7 Å². The van der Waals surface area contributed by atoms with Crippen LogP contribution in [-0.2, 0) is 0 Å². The zero-order valence-electron chi connectivity index (χ0n) is 16.0. The number of hydrogen-bond acceptors (Lipinski definition) is 4. The van der Waals surface area contributed by atoms with Crippen LogP contribution in [0.5, 0.6) is 5.75 Å². The van der Waals surface area contributed by atoms with Gasteiger partial charge in [-0.05, 0) is 71.9 Å². The highest BCUT2D eigenvalue weighted by molar-refractivity contribution is 5.80. The van der Waals surface area contributed by atoms with Crippen molar-refractivity contribution < 1.29 is 19.7 Å². The molecule has 0 spiro atoms. The van der Waals surface area contributed by atoms with Crippen molar-refractivity contribution in [3.63, 3.8) is 0 Å². The van der Waals surface area contributed by atoms with Crippen LogP contribution in [0.25, 0.3) is 11.6 Å². The van der Waals surface area contributed by atoms with Crippen molar-refractivity contribution in [2.24, 2.45) is 0 Å². The van der Waals surface area contributed by atoms with Gasteiger partial charge in [0.1, 0.15) is 0 Å². The summed E-state index contributed by atoms with van der Waals surface area (Å²) < 4.78 is 13.7. The quantitative estimate of drug-likeness (QED) is 0.558. The van der Waals surface area contributed by atoms with Gasteiger partial charge < -0.3 is 15.3 Å². The number of aromatic nitrogens is 1. The molecule has 3 N–H and O–H groups in total. The predicted molar refractivity (Wildman–Crippen MR) is 110 cm³/mol. The lowest BCUT2D eigenvalue weighted by Crippen LogP contribution is -2.13. The van der Waals surface area contributed by atoms with Gasteiger partial charge in [0.25, 0.3) is 0 Å². The molecule has 0 fully saturated rings. The van der Waals surface area contributed by atoms with Gasteiger partial charge in [-0.1, -0.05) is 31.7 Å². The first-order chi connectivity index (χ1) is 13.5. The van der Waals surface area contributed by atoms with Crippen LogP contribution < -0.4 is 0 Å². The standard InChI is InChI=1S/C23H26FNO3/c1-3-16(2)19(11-13-26)22(27)10-8-18(21-6-4-5-12-25-21)14-17-7-9-23(28)20(24)15-17/h4-7,9,11-12,14-15,22,26-28H,2-3,8,10,13H2,1H3/b18-14-,19-11-. The van der Waals surface area contributed by atoms with E-state index in [0.717, 1.165) is 16.8 Å². The maximum absolute atomic E-state index is 13.7. The second-order valence-corrected chi connectivity index (χ2v) is 6.45. The van der Waals surface area contributed by atoms with Gasteiger partial charge in [0.2, 0.25) is 0 Å². The molecule has 1 heterocycles. The van der Waals surface area contributed by atoms with E-state index >= 15 is 0 Å². The van der Waals surface area contributed by atoms with Gasteiger partial charge in [0.05, 0.1) is 18.4 Å². The molecule has 1 atom stereocenters. The maximum Gasteiger partial charge on any atom is 0.165 e. The molecule has 1 aromatic carbocycles. The fourth-order valence-electron chi connectivity index (χ4n) is 2.91. The molecule has 1 unspecified atom stereocenters. The minimum absolute atomic E-state index is 0.166. The number of halogens is 1. The van der Waals surface area contributed by atoms with Crippen molar-refractivity contribution in [2.45, 2.75) is 32.3 Å². The molecular weight excluding hydrogens is 357 g/mol. The Bertz CT molecular complexity index is 859. The number of phenols is 1. The Morgan fingerprint density at radius 3 is 2.68 bits per heavy atom. The number of pyridine rings is 1. The van der Waals surface area contributed by atoms with E-state index in [1.165, 1.54) is 12.1 Å². The Hall–Kier alpha value is -2.76. The number of phenolic OH excluding ortho intramolecular Hbond substituents is 1. The predicted octanol–water partition coefficient (Wildman–Crippen LogP) is 4.49. The number of allylic oxidation sites excluding steroid dienone is 1. The number of aliphatic hydroxyl groups is 2. The number of hydrogen-bond donors (Lipinski definition) is 3. The van der Waals surface area contributed by atoms with E-state index in [2.05, 4.69) is 11.6 Å². The van der Waals surface area contributed by atoms with Gasteiger partial charge in [-0.3, -0.25) is 4.98 Å². The molecule has 0 saturated carbocycles. The van der Waals surface area contributed by atoms with Crippen LogP contribution in [0.2, 0.25) is 0 Å². The fourth-order valence-corrected chi connectivity index (χ4v) is 2.91. The molecule has 0 aliphatic heterocycles. The van der Waals surface area contributed by atoms with Crippen molar-refractivity contribution >= 4 is 11.6 Å². The van der Waals surface area contributed by atoms with E-state index in [4.69, 9.17) is 0 Å². The summed E-state index contributed by atoms with van der Waals surface area (Å²) in [5, 5.41) is 29.2. The normalized spacial score (nSPS) is 13.4. The SMILES string of the molecule is C=C(CC)/C(=C/CO)C(O)CC/C(=C/c1ccc(O)c(F)c1)c1ccccn1.